The van der Waals surface area contributed by atoms with Gasteiger partial charge in [0.1, 0.15) is 5.69 Å². The van der Waals surface area contributed by atoms with Gasteiger partial charge in [0.2, 0.25) is 0 Å². The maximum absolute atomic E-state index is 13.1. The monoisotopic (exact) mass is 259 g/mol. The zero-order valence-electron chi connectivity index (χ0n) is 11.6. The number of hydrogen-bond donors (Lipinski definition) is 1. The Labute approximate surface area is 108 Å². The van der Waals surface area contributed by atoms with E-state index in [1.165, 1.54) is 4.68 Å². The number of halogens is 2. The van der Waals surface area contributed by atoms with Gasteiger partial charge in [0.15, 0.2) is 0 Å². The Kier molecular flexibility index (Phi) is 5.72. The van der Waals surface area contributed by atoms with E-state index in [1.807, 2.05) is 13.8 Å². The zero-order chi connectivity index (χ0) is 13.7. The lowest BCUT2D eigenvalue weighted by atomic mass is 10.2. The van der Waals surface area contributed by atoms with Crippen LogP contribution in [-0.2, 0) is 13.1 Å². The molecule has 1 aromatic heterocycles. The second kappa shape index (κ2) is 6.83. The summed E-state index contributed by atoms with van der Waals surface area (Å²) in [6, 6.07) is 0. The third-order valence-corrected chi connectivity index (χ3v) is 2.57. The van der Waals surface area contributed by atoms with Crippen molar-refractivity contribution >= 4 is 0 Å². The minimum absolute atomic E-state index is 0.0555. The van der Waals surface area contributed by atoms with Crippen LogP contribution >= 0.6 is 0 Å². The molecule has 0 bridgehead atoms. The van der Waals surface area contributed by atoms with Gasteiger partial charge in [0, 0.05) is 18.7 Å². The zero-order valence-corrected chi connectivity index (χ0v) is 11.6. The predicted molar refractivity (Wildman–Crippen MR) is 68.6 cm³/mol. The van der Waals surface area contributed by atoms with Crippen LogP contribution in [0.2, 0.25) is 0 Å². The molecule has 1 heterocycles. The van der Waals surface area contributed by atoms with Crippen molar-refractivity contribution in [2.45, 2.75) is 47.2 Å². The van der Waals surface area contributed by atoms with Gasteiger partial charge >= 0.3 is 0 Å². The van der Waals surface area contributed by atoms with Crippen molar-refractivity contribution in [3.05, 3.63) is 17.5 Å². The van der Waals surface area contributed by atoms with E-state index in [-0.39, 0.29) is 5.69 Å². The van der Waals surface area contributed by atoms with Crippen LogP contribution in [0.5, 0.6) is 0 Å². The van der Waals surface area contributed by atoms with Gasteiger partial charge in [-0.05, 0) is 18.4 Å². The molecule has 0 amide bonds. The van der Waals surface area contributed by atoms with Gasteiger partial charge in [-0.15, -0.1) is 0 Å². The summed E-state index contributed by atoms with van der Waals surface area (Å²) >= 11 is 0. The first-order valence-electron chi connectivity index (χ1n) is 6.45. The lowest BCUT2D eigenvalue weighted by molar-refractivity contribution is 0.136. The van der Waals surface area contributed by atoms with Crippen molar-refractivity contribution in [3.63, 3.8) is 0 Å². The van der Waals surface area contributed by atoms with Crippen LogP contribution in [0.4, 0.5) is 8.78 Å². The molecule has 0 fully saturated rings. The maximum Gasteiger partial charge on any atom is 0.280 e. The molecule has 0 radical (unpaired) electrons. The second-order valence-corrected chi connectivity index (χ2v) is 5.46. The molecule has 0 unspecified atom stereocenters. The molecular weight excluding hydrogens is 236 g/mol. The first-order chi connectivity index (χ1) is 8.41. The second-order valence-electron chi connectivity index (χ2n) is 5.46. The van der Waals surface area contributed by atoms with Crippen molar-refractivity contribution in [1.82, 2.24) is 15.1 Å². The number of alkyl halides is 2. The molecule has 0 aliphatic carbocycles. The van der Waals surface area contributed by atoms with E-state index < -0.39 is 6.43 Å². The van der Waals surface area contributed by atoms with Gasteiger partial charge in [-0.1, -0.05) is 27.7 Å². The highest BCUT2D eigenvalue weighted by Gasteiger charge is 2.20. The Balaban J connectivity index is 2.75. The molecule has 0 aliphatic rings. The van der Waals surface area contributed by atoms with Crippen LogP contribution < -0.4 is 5.32 Å². The standard InChI is InChI=1S/C13H23F2N3/c1-9(2)5-16-6-11-7-17-18(8-10(3)4)12(11)13(14)15/h7,9-10,13,16H,5-6,8H2,1-4H3. The van der Waals surface area contributed by atoms with Crippen molar-refractivity contribution in [1.29, 1.82) is 0 Å². The fraction of sp³-hybridized carbons (Fsp3) is 0.769. The molecule has 0 spiro atoms. The molecule has 18 heavy (non-hydrogen) atoms. The lowest BCUT2D eigenvalue weighted by Crippen LogP contribution is -2.20. The summed E-state index contributed by atoms with van der Waals surface area (Å²) in [6.45, 7) is 9.96. The molecule has 0 saturated carbocycles. The van der Waals surface area contributed by atoms with Crippen LogP contribution in [0.25, 0.3) is 0 Å². The van der Waals surface area contributed by atoms with Crippen molar-refractivity contribution in [2.75, 3.05) is 6.54 Å². The highest BCUT2D eigenvalue weighted by atomic mass is 19.3. The minimum atomic E-state index is -2.47. The summed E-state index contributed by atoms with van der Waals surface area (Å²) in [5.41, 5.74) is 0.659. The average Bonchev–Trinajstić information content (AvgIpc) is 2.59. The molecule has 1 rings (SSSR count). The smallest absolute Gasteiger partial charge is 0.280 e. The van der Waals surface area contributed by atoms with Crippen molar-refractivity contribution < 1.29 is 8.78 Å². The maximum atomic E-state index is 13.1. The quantitative estimate of drug-likeness (QED) is 0.814. The highest BCUT2D eigenvalue weighted by molar-refractivity contribution is 5.19. The summed E-state index contributed by atoms with van der Waals surface area (Å²) in [4.78, 5) is 0. The Morgan fingerprint density at radius 3 is 2.39 bits per heavy atom. The van der Waals surface area contributed by atoms with Gasteiger partial charge < -0.3 is 5.32 Å². The van der Waals surface area contributed by atoms with Gasteiger partial charge in [-0.2, -0.15) is 5.10 Å². The Morgan fingerprint density at radius 1 is 1.22 bits per heavy atom. The van der Waals surface area contributed by atoms with E-state index >= 15 is 0 Å². The lowest BCUT2D eigenvalue weighted by Gasteiger charge is -2.12. The molecule has 3 nitrogen and oxygen atoms in total. The number of nitrogens with one attached hydrogen (secondary N) is 1. The first kappa shape index (κ1) is 15.1. The van der Waals surface area contributed by atoms with Gasteiger partial charge in [0.25, 0.3) is 6.43 Å². The molecule has 0 saturated heterocycles. The van der Waals surface area contributed by atoms with Crippen LogP contribution in [0.1, 0.15) is 45.4 Å². The highest BCUT2D eigenvalue weighted by Crippen LogP contribution is 2.23. The van der Waals surface area contributed by atoms with Crippen LogP contribution in [0, 0.1) is 11.8 Å². The molecular formula is C13H23F2N3. The van der Waals surface area contributed by atoms with E-state index in [0.29, 0.717) is 30.5 Å². The molecule has 0 atom stereocenters. The molecule has 0 aliphatic heterocycles. The summed E-state index contributed by atoms with van der Waals surface area (Å²) in [5.74, 6) is 0.810. The Hall–Kier alpha value is -0.970. The fourth-order valence-electron chi connectivity index (χ4n) is 1.81. The summed E-state index contributed by atoms with van der Waals surface area (Å²) < 4.78 is 27.6. The number of aromatic nitrogens is 2. The number of rotatable bonds is 7. The predicted octanol–water partition coefficient (Wildman–Crippen LogP) is 3.22. The van der Waals surface area contributed by atoms with Crippen LogP contribution in [0.15, 0.2) is 6.20 Å². The van der Waals surface area contributed by atoms with Crippen molar-refractivity contribution in [3.8, 4) is 0 Å². The molecule has 5 heteroatoms. The van der Waals surface area contributed by atoms with Gasteiger partial charge in [-0.25, -0.2) is 8.78 Å². The number of hydrogen-bond acceptors (Lipinski definition) is 2. The van der Waals surface area contributed by atoms with Crippen LogP contribution in [-0.4, -0.2) is 16.3 Å². The van der Waals surface area contributed by atoms with Crippen molar-refractivity contribution in [2.24, 2.45) is 11.8 Å². The van der Waals surface area contributed by atoms with E-state index in [9.17, 15) is 8.78 Å². The van der Waals surface area contributed by atoms with Gasteiger partial charge in [0.05, 0.1) is 6.20 Å². The molecule has 1 aromatic rings. The van der Waals surface area contributed by atoms with E-state index in [2.05, 4.69) is 24.3 Å². The topological polar surface area (TPSA) is 29.9 Å². The Morgan fingerprint density at radius 2 is 1.89 bits per heavy atom. The summed E-state index contributed by atoms with van der Waals surface area (Å²) in [5, 5.41) is 7.25. The minimum Gasteiger partial charge on any atom is -0.312 e. The largest absolute Gasteiger partial charge is 0.312 e. The SMILES string of the molecule is CC(C)CNCc1cnn(CC(C)C)c1C(F)F. The third kappa shape index (κ3) is 4.37. The van der Waals surface area contributed by atoms with Crippen LogP contribution in [0.3, 0.4) is 0 Å². The number of nitrogens with zero attached hydrogens (tertiary/aromatic N) is 2. The Bertz CT molecular complexity index is 359. The van der Waals surface area contributed by atoms with E-state index in [4.69, 9.17) is 0 Å². The van der Waals surface area contributed by atoms with E-state index in [1.54, 1.807) is 6.20 Å². The first-order valence-corrected chi connectivity index (χ1v) is 6.45. The fourth-order valence-corrected chi connectivity index (χ4v) is 1.81. The molecule has 104 valence electrons. The van der Waals surface area contributed by atoms with Gasteiger partial charge in [-0.3, -0.25) is 4.68 Å². The molecule has 0 aromatic carbocycles. The summed E-state index contributed by atoms with van der Waals surface area (Å²) in [7, 11) is 0. The summed E-state index contributed by atoms with van der Waals surface area (Å²) in [6.07, 6.45) is -0.918. The molecule has 1 N–H and O–H groups in total. The average molecular weight is 259 g/mol. The third-order valence-electron chi connectivity index (χ3n) is 2.57. The van der Waals surface area contributed by atoms with E-state index in [0.717, 1.165) is 6.54 Å². The normalized spacial score (nSPS) is 12.1.